The molecule has 28 heavy (non-hydrogen) atoms. The number of hydrogen-bond acceptors (Lipinski definition) is 4. The van der Waals surface area contributed by atoms with Crippen molar-refractivity contribution in [2.75, 3.05) is 12.4 Å². The van der Waals surface area contributed by atoms with Gasteiger partial charge in [-0.25, -0.2) is 4.79 Å². The Morgan fingerprint density at radius 1 is 1.04 bits per heavy atom. The van der Waals surface area contributed by atoms with Crippen LogP contribution in [0.1, 0.15) is 40.1 Å². The lowest BCUT2D eigenvalue weighted by Gasteiger charge is -2.22. The fourth-order valence-corrected chi connectivity index (χ4v) is 2.70. The molecule has 0 spiro atoms. The first kappa shape index (κ1) is 21.0. The van der Waals surface area contributed by atoms with Gasteiger partial charge in [-0.05, 0) is 60.9 Å². The summed E-state index contributed by atoms with van der Waals surface area (Å²) in [5.74, 6) is -1.29. The van der Waals surface area contributed by atoms with E-state index in [1.165, 1.54) is 12.1 Å². The summed E-state index contributed by atoms with van der Waals surface area (Å²) in [6.45, 7) is 5.32. The number of carboxylic acids is 1. The summed E-state index contributed by atoms with van der Waals surface area (Å²) >= 11 is 0. The summed E-state index contributed by atoms with van der Waals surface area (Å²) < 4.78 is 5.07. The number of carbonyl (C=O) groups is 3. The van der Waals surface area contributed by atoms with Crippen molar-refractivity contribution < 1.29 is 24.2 Å². The molecule has 0 saturated carbocycles. The molecule has 7 nitrogen and oxygen atoms in total. The van der Waals surface area contributed by atoms with Gasteiger partial charge in [0.25, 0.3) is 5.91 Å². The Morgan fingerprint density at radius 2 is 1.68 bits per heavy atom. The van der Waals surface area contributed by atoms with Gasteiger partial charge in [-0.2, -0.15) is 0 Å². The summed E-state index contributed by atoms with van der Waals surface area (Å²) in [7, 11) is 1.54. The number of carboxylic acid groups (broad SMARTS) is 1. The molecule has 0 aliphatic rings. The lowest BCUT2D eigenvalue weighted by atomic mass is 10.0. The van der Waals surface area contributed by atoms with Crippen LogP contribution in [0.4, 0.5) is 5.69 Å². The molecule has 0 aromatic heterocycles. The number of aryl methyl sites for hydroxylation is 1. The van der Waals surface area contributed by atoms with Gasteiger partial charge in [-0.15, -0.1) is 0 Å². The third kappa shape index (κ3) is 5.09. The molecule has 1 unspecified atom stereocenters. The third-order valence-corrected chi connectivity index (χ3v) is 4.31. The largest absolute Gasteiger partial charge is 0.497 e. The molecule has 0 aliphatic carbocycles. The number of hydrogen-bond donors (Lipinski definition) is 3. The molecule has 3 N–H and O–H groups in total. The van der Waals surface area contributed by atoms with Gasteiger partial charge >= 0.3 is 5.97 Å². The Hall–Kier alpha value is -3.35. The molecule has 2 aromatic carbocycles. The lowest BCUT2D eigenvalue weighted by molar-refractivity contribution is -0.118. The second-order valence-electron chi connectivity index (χ2n) is 6.75. The van der Waals surface area contributed by atoms with Crippen LogP contribution in [0.3, 0.4) is 0 Å². The van der Waals surface area contributed by atoms with Gasteiger partial charge in [-0.1, -0.05) is 13.8 Å². The minimum absolute atomic E-state index is 0.151. The van der Waals surface area contributed by atoms with E-state index in [4.69, 9.17) is 9.84 Å². The Morgan fingerprint density at radius 3 is 2.18 bits per heavy atom. The van der Waals surface area contributed by atoms with E-state index in [0.717, 1.165) is 0 Å². The first-order valence-electron chi connectivity index (χ1n) is 8.82. The van der Waals surface area contributed by atoms with E-state index in [0.29, 0.717) is 22.6 Å². The molecule has 0 bridgehead atoms. The number of carbonyl (C=O) groups excluding carboxylic acids is 2. The van der Waals surface area contributed by atoms with Crippen LogP contribution in [-0.4, -0.2) is 36.0 Å². The van der Waals surface area contributed by atoms with Crippen molar-refractivity contribution in [1.29, 1.82) is 0 Å². The van der Waals surface area contributed by atoms with Gasteiger partial charge in [0.05, 0.1) is 12.7 Å². The molecule has 2 amide bonds. The lowest BCUT2D eigenvalue weighted by Crippen LogP contribution is -2.47. The van der Waals surface area contributed by atoms with Gasteiger partial charge in [-0.3, -0.25) is 9.59 Å². The second kappa shape index (κ2) is 9.03. The quantitative estimate of drug-likeness (QED) is 0.680. The van der Waals surface area contributed by atoms with E-state index < -0.39 is 12.0 Å². The first-order chi connectivity index (χ1) is 13.2. The summed E-state index contributed by atoms with van der Waals surface area (Å²) in [5, 5.41) is 14.6. The highest BCUT2D eigenvalue weighted by molar-refractivity contribution is 6.01. The van der Waals surface area contributed by atoms with Crippen molar-refractivity contribution in [2.24, 2.45) is 5.92 Å². The van der Waals surface area contributed by atoms with Crippen molar-refractivity contribution in [3.63, 3.8) is 0 Å². The molecule has 0 heterocycles. The van der Waals surface area contributed by atoms with E-state index >= 15 is 0 Å². The van der Waals surface area contributed by atoms with E-state index in [-0.39, 0.29) is 23.3 Å². The summed E-state index contributed by atoms with van der Waals surface area (Å²) in [5.41, 5.74) is 1.60. The fraction of sp³-hybridized carbons (Fsp3) is 0.286. The van der Waals surface area contributed by atoms with Crippen LogP contribution in [-0.2, 0) is 4.79 Å². The highest BCUT2D eigenvalue weighted by atomic mass is 16.5. The maximum Gasteiger partial charge on any atom is 0.335 e. The van der Waals surface area contributed by atoms with Gasteiger partial charge < -0.3 is 20.5 Å². The normalized spacial score (nSPS) is 11.6. The van der Waals surface area contributed by atoms with Crippen LogP contribution in [0.25, 0.3) is 0 Å². The van der Waals surface area contributed by atoms with Gasteiger partial charge in [0.1, 0.15) is 11.8 Å². The molecule has 0 aliphatic heterocycles. The third-order valence-electron chi connectivity index (χ3n) is 4.31. The van der Waals surface area contributed by atoms with Crippen LogP contribution in [0.2, 0.25) is 0 Å². The Bertz CT molecular complexity index is 875. The fourth-order valence-electron chi connectivity index (χ4n) is 2.70. The average molecular weight is 384 g/mol. The molecule has 2 rings (SSSR count). The monoisotopic (exact) mass is 384 g/mol. The Kier molecular flexibility index (Phi) is 6.76. The molecular formula is C21H24N2O5. The zero-order valence-corrected chi connectivity index (χ0v) is 16.3. The van der Waals surface area contributed by atoms with Crippen molar-refractivity contribution >= 4 is 23.5 Å². The average Bonchev–Trinajstić information content (AvgIpc) is 2.65. The number of anilines is 1. The van der Waals surface area contributed by atoms with Crippen LogP contribution in [0.5, 0.6) is 5.75 Å². The van der Waals surface area contributed by atoms with Crippen molar-refractivity contribution in [1.82, 2.24) is 5.32 Å². The maximum absolute atomic E-state index is 12.7. The number of methoxy groups -OCH3 is 1. The predicted octanol–water partition coefficient (Wildman–Crippen LogP) is 3.09. The van der Waals surface area contributed by atoms with Crippen molar-refractivity contribution in [3.8, 4) is 5.75 Å². The molecular weight excluding hydrogens is 360 g/mol. The minimum Gasteiger partial charge on any atom is -0.497 e. The Labute approximate surface area is 163 Å². The summed E-state index contributed by atoms with van der Waals surface area (Å²) in [4.78, 5) is 36.3. The number of rotatable bonds is 7. The second-order valence-corrected chi connectivity index (χ2v) is 6.75. The number of benzene rings is 2. The topological polar surface area (TPSA) is 105 Å². The SMILES string of the molecule is COc1ccc(C(=O)NC(C(=O)Nc2ccc(C(=O)O)c(C)c2)C(C)C)cc1. The minimum atomic E-state index is -1.03. The van der Waals surface area contributed by atoms with Crippen LogP contribution < -0.4 is 15.4 Å². The molecule has 0 fully saturated rings. The molecule has 1 atom stereocenters. The Balaban J connectivity index is 2.12. The van der Waals surface area contributed by atoms with Gasteiger partial charge in [0.2, 0.25) is 5.91 Å². The van der Waals surface area contributed by atoms with E-state index in [1.807, 2.05) is 13.8 Å². The van der Waals surface area contributed by atoms with Gasteiger partial charge in [0, 0.05) is 11.3 Å². The molecule has 0 radical (unpaired) electrons. The first-order valence-corrected chi connectivity index (χ1v) is 8.82. The zero-order valence-electron chi connectivity index (χ0n) is 16.3. The maximum atomic E-state index is 12.7. The van der Waals surface area contributed by atoms with Gasteiger partial charge in [0.15, 0.2) is 0 Å². The standard InChI is InChI=1S/C21H24N2O5/c1-12(2)18(23-19(24)14-5-8-16(28-4)9-6-14)20(25)22-15-7-10-17(21(26)27)13(3)11-15/h5-12,18H,1-4H3,(H,22,25)(H,23,24)(H,26,27). The predicted molar refractivity (Wildman–Crippen MR) is 106 cm³/mol. The number of amides is 2. The number of ether oxygens (including phenoxy) is 1. The van der Waals surface area contributed by atoms with Crippen molar-refractivity contribution in [3.05, 3.63) is 59.2 Å². The molecule has 148 valence electrons. The number of aromatic carboxylic acids is 1. The van der Waals surface area contributed by atoms with E-state index in [9.17, 15) is 14.4 Å². The summed E-state index contributed by atoms with van der Waals surface area (Å²) in [6.07, 6.45) is 0. The van der Waals surface area contributed by atoms with E-state index in [1.54, 1.807) is 44.4 Å². The highest BCUT2D eigenvalue weighted by Gasteiger charge is 2.25. The molecule has 2 aromatic rings. The zero-order chi connectivity index (χ0) is 20.8. The van der Waals surface area contributed by atoms with E-state index in [2.05, 4.69) is 10.6 Å². The highest BCUT2D eigenvalue weighted by Crippen LogP contribution is 2.17. The van der Waals surface area contributed by atoms with Crippen LogP contribution >= 0.6 is 0 Å². The molecule has 7 heteroatoms. The van der Waals surface area contributed by atoms with Crippen molar-refractivity contribution in [2.45, 2.75) is 26.8 Å². The smallest absolute Gasteiger partial charge is 0.335 e. The van der Waals surface area contributed by atoms with Crippen LogP contribution in [0, 0.1) is 12.8 Å². The van der Waals surface area contributed by atoms with Crippen LogP contribution in [0.15, 0.2) is 42.5 Å². The molecule has 0 saturated heterocycles. The summed E-state index contributed by atoms with van der Waals surface area (Å²) in [6, 6.07) is 10.4. The number of nitrogens with one attached hydrogen (secondary N) is 2.